The summed E-state index contributed by atoms with van der Waals surface area (Å²) in [6.45, 7) is 0.761. The second-order valence-electron chi connectivity index (χ2n) is 3.77. The van der Waals surface area contributed by atoms with Gasteiger partial charge in [-0.25, -0.2) is 0 Å². The van der Waals surface area contributed by atoms with Crippen LogP contribution in [0.1, 0.15) is 24.8 Å². The first-order chi connectivity index (χ1) is 7.86. The lowest BCUT2D eigenvalue weighted by molar-refractivity contribution is -0.109. The molecular formula is C11H12N4O. The molecule has 0 amide bonds. The van der Waals surface area contributed by atoms with Gasteiger partial charge in [0, 0.05) is 6.54 Å². The van der Waals surface area contributed by atoms with E-state index in [1.807, 2.05) is 4.90 Å². The monoisotopic (exact) mass is 216 g/mol. The predicted molar refractivity (Wildman–Crippen MR) is 57.8 cm³/mol. The molecule has 1 aromatic heterocycles. The van der Waals surface area contributed by atoms with E-state index < -0.39 is 0 Å². The summed E-state index contributed by atoms with van der Waals surface area (Å²) in [6.07, 6.45) is 5.30. The van der Waals surface area contributed by atoms with E-state index in [1.54, 1.807) is 6.07 Å². The Hall–Kier alpha value is -1.96. The van der Waals surface area contributed by atoms with Crippen LogP contribution < -0.4 is 4.90 Å². The molecule has 1 saturated heterocycles. The molecule has 82 valence electrons. The normalized spacial score (nSPS) is 20.2. The highest BCUT2D eigenvalue weighted by Crippen LogP contribution is 2.23. The second-order valence-corrected chi connectivity index (χ2v) is 3.77. The molecule has 0 N–H and O–H groups in total. The van der Waals surface area contributed by atoms with Gasteiger partial charge in [-0.15, -0.1) is 5.10 Å². The van der Waals surface area contributed by atoms with Crippen LogP contribution in [0.4, 0.5) is 5.82 Å². The molecule has 2 rings (SSSR count). The molecule has 0 spiro atoms. The third-order valence-electron chi connectivity index (χ3n) is 2.80. The summed E-state index contributed by atoms with van der Waals surface area (Å²) in [5, 5.41) is 16.7. The van der Waals surface area contributed by atoms with Gasteiger partial charge in [0.15, 0.2) is 5.82 Å². The first kappa shape index (κ1) is 10.6. The van der Waals surface area contributed by atoms with E-state index in [9.17, 15) is 4.79 Å². The SMILES string of the molecule is N#Cc1ccnnc1N1CCCCC1C=O. The first-order valence-corrected chi connectivity index (χ1v) is 5.30. The zero-order chi connectivity index (χ0) is 11.4. The molecule has 0 saturated carbocycles. The topological polar surface area (TPSA) is 69.9 Å². The average Bonchev–Trinajstić information content (AvgIpc) is 2.38. The Balaban J connectivity index is 2.34. The van der Waals surface area contributed by atoms with Crippen molar-refractivity contribution in [1.29, 1.82) is 5.26 Å². The number of rotatable bonds is 2. The van der Waals surface area contributed by atoms with E-state index in [1.165, 1.54) is 6.20 Å². The van der Waals surface area contributed by atoms with Gasteiger partial charge in [0.2, 0.25) is 0 Å². The van der Waals surface area contributed by atoms with E-state index in [0.717, 1.165) is 32.1 Å². The van der Waals surface area contributed by atoms with Crippen molar-refractivity contribution in [2.75, 3.05) is 11.4 Å². The Morgan fingerprint density at radius 2 is 2.44 bits per heavy atom. The smallest absolute Gasteiger partial charge is 0.169 e. The van der Waals surface area contributed by atoms with E-state index in [4.69, 9.17) is 5.26 Å². The number of piperidine rings is 1. The predicted octanol–water partition coefficient (Wildman–Crippen LogP) is 0.906. The van der Waals surface area contributed by atoms with Crippen LogP contribution in [0.3, 0.4) is 0 Å². The number of carbonyl (C=O) groups excluding carboxylic acids is 1. The zero-order valence-corrected chi connectivity index (χ0v) is 8.83. The van der Waals surface area contributed by atoms with Crippen LogP contribution in [0.5, 0.6) is 0 Å². The van der Waals surface area contributed by atoms with Gasteiger partial charge in [0.25, 0.3) is 0 Å². The van der Waals surface area contributed by atoms with Gasteiger partial charge < -0.3 is 9.69 Å². The van der Waals surface area contributed by atoms with Crippen molar-refractivity contribution in [3.8, 4) is 6.07 Å². The van der Waals surface area contributed by atoms with Gasteiger partial charge in [-0.1, -0.05) is 0 Å². The molecular weight excluding hydrogens is 204 g/mol. The van der Waals surface area contributed by atoms with Crippen molar-refractivity contribution in [1.82, 2.24) is 10.2 Å². The maximum atomic E-state index is 11.0. The molecule has 16 heavy (non-hydrogen) atoms. The minimum Gasteiger partial charge on any atom is -0.344 e. The number of anilines is 1. The third kappa shape index (κ3) is 1.87. The lowest BCUT2D eigenvalue weighted by atomic mass is 10.0. The van der Waals surface area contributed by atoms with Gasteiger partial charge in [-0.3, -0.25) is 0 Å². The summed E-state index contributed by atoms with van der Waals surface area (Å²) in [5.41, 5.74) is 0.476. The third-order valence-corrected chi connectivity index (χ3v) is 2.80. The zero-order valence-electron chi connectivity index (χ0n) is 8.83. The molecule has 0 bridgehead atoms. The van der Waals surface area contributed by atoms with Gasteiger partial charge in [-0.05, 0) is 25.3 Å². The second kappa shape index (κ2) is 4.71. The standard InChI is InChI=1S/C11H12N4O/c12-7-9-4-5-13-14-11(9)15-6-2-1-3-10(15)8-16/h4-5,8,10H,1-3,6H2. The fourth-order valence-corrected chi connectivity index (χ4v) is 1.99. The van der Waals surface area contributed by atoms with E-state index >= 15 is 0 Å². The summed E-state index contributed by atoms with van der Waals surface area (Å²) in [4.78, 5) is 12.8. The Morgan fingerprint density at radius 3 is 3.19 bits per heavy atom. The summed E-state index contributed by atoms with van der Waals surface area (Å²) < 4.78 is 0. The minimum absolute atomic E-state index is 0.169. The molecule has 5 nitrogen and oxygen atoms in total. The average molecular weight is 216 g/mol. The fourth-order valence-electron chi connectivity index (χ4n) is 1.99. The molecule has 1 atom stereocenters. The van der Waals surface area contributed by atoms with Gasteiger partial charge >= 0.3 is 0 Å². The molecule has 2 heterocycles. The highest BCUT2D eigenvalue weighted by atomic mass is 16.1. The molecule has 5 heteroatoms. The van der Waals surface area contributed by atoms with Crippen LogP contribution in [-0.2, 0) is 4.79 Å². The highest BCUT2D eigenvalue weighted by Gasteiger charge is 2.25. The minimum atomic E-state index is -0.169. The lowest BCUT2D eigenvalue weighted by Gasteiger charge is -2.33. The van der Waals surface area contributed by atoms with Crippen molar-refractivity contribution in [2.24, 2.45) is 0 Å². The number of aldehydes is 1. The first-order valence-electron chi connectivity index (χ1n) is 5.30. The van der Waals surface area contributed by atoms with E-state index in [2.05, 4.69) is 16.3 Å². The summed E-state index contributed by atoms with van der Waals surface area (Å²) in [6, 6.07) is 3.53. The summed E-state index contributed by atoms with van der Waals surface area (Å²) in [7, 11) is 0. The van der Waals surface area contributed by atoms with Crippen LogP contribution in [0.15, 0.2) is 12.3 Å². The molecule has 1 aromatic rings. The lowest BCUT2D eigenvalue weighted by Crippen LogP contribution is -2.41. The molecule has 1 aliphatic rings. The van der Waals surface area contributed by atoms with E-state index in [-0.39, 0.29) is 6.04 Å². The number of nitrogens with zero attached hydrogens (tertiary/aromatic N) is 4. The van der Waals surface area contributed by atoms with Crippen LogP contribution in [0.25, 0.3) is 0 Å². The van der Waals surface area contributed by atoms with Crippen molar-refractivity contribution >= 4 is 12.1 Å². The number of hydrogen-bond donors (Lipinski definition) is 0. The van der Waals surface area contributed by atoms with Gasteiger partial charge in [0.05, 0.1) is 17.8 Å². The molecule has 0 radical (unpaired) electrons. The van der Waals surface area contributed by atoms with Crippen LogP contribution in [0.2, 0.25) is 0 Å². The van der Waals surface area contributed by atoms with Gasteiger partial charge in [-0.2, -0.15) is 10.4 Å². The quantitative estimate of drug-likeness (QED) is 0.687. The molecule has 1 fully saturated rings. The number of carbonyl (C=O) groups is 1. The van der Waals surface area contributed by atoms with Crippen LogP contribution in [0, 0.1) is 11.3 Å². The van der Waals surface area contributed by atoms with Crippen molar-refractivity contribution in [3.05, 3.63) is 17.8 Å². The molecule has 0 aromatic carbocycles. The Morgan fingerprint density at radius 1 is 1.56 bits per heavy atom. The van der Waals surface area contributed by atoms with E-state index in [0.29, 0.717) is 11.4 Å². The Bertz CT molecular complexity index is 426. The molecule has 1 aliphatic heterocycles. The maximum Gasteiger partial charge on any atom is 0.169 e. The fraction of sp³-hybridized carbons (Fsp3) is 0.455. The van der Waals surface area contributed by atoms with Crippen LogP contribution in [-0.4, -0.2) is 29.1 Å². The Kier molecular flexibility index (Phi) is 3.10. The van der Waals surface area contributed by atoms with Crippen molar-refractivity contribution in [2.45, 2.75) is 25.3 Å². The number of nitriles is 1. The van der Waals surface area contributed by atoms with Gasteiger partial charge in [0.1, 0.15) is 12.4 Å². The summed E-state index contributed by atoms with van der Waals surface area (Å²) >= 11 is 0. The largest absolute Gasteiger partial charge is 0.344 e. The number of aromatic nitrogens is 2. The highest BCUT2D eigenvalue weighted by molar-refractivity contribution is 5.67. The number of hydrogen-bond acceptors (Lipinski definition) is 5. The van der Waals surface area contributed by atoms with Crippen molar-refractivity contribution in [3.63, 3.8) is 0 Å². The Labute approximate surface area is 93.7 Å². The van der Waals surface area contributed by atoms with Crippen LogP contribution >= 0.6 is 0 Å². The summed E-state index contributed by atoms with van der Waals surface area (Å²) in [5.74, 6) is 0.529. The molecule has 1 unspecified atom stereocenters. The maximum absolute atomic E-state index is 11.0. The molecule has 0 aliphatic carbocycles. The van der Waals surface area contributed by atoms with Crippen molar-refractivity contribution < 1.29 is 4.79 Å².